The van der Waals surface area contributed by atoms with Crippen LogP contribution in [0, 0.1) is 0 Å². The number of aromatic nitrogens is 4. The number of benzene rings is 1. The van der Waals surface area contributed by atoms with Crippen molar-refractivity contribution >= 4 is 6.29 Å². The van der Waals surface area contributed by atoms with Gasteiger partial charge in [-0.2, -0.15) is 0 Å². The zero-order valence-corrected chi connectivity index (χ0v) is 9.71. The van der Waals surface area contributed by atoms with Gasteiger partial charge in [-0.1, -0.05) is 37.6 Å². The Bertz CT molecular complexity index is 489. The first kappa shape index (κ1) is 11.4. The third-order valence-corrected chi connectivity index (χ3v) is 2.56. The average Bonchev–Trinajstić information content (AvgIpc) is 2.84. The zero-order chi connectivity index (χ0) is 12.1. The fraction of sp³-hybridized carbons (Fsp3) is 0.333. The Hall–Kier alpha value is -2.04. The number of aryl methyl sites for hydroxylation is 1. The van der Waals surface area contributed by atoms with Crippen molar-refractivity contribution in [2.75, 3.05) is 0 Å². The quantitative estimate of drug-likeness (QED) is 0.736. The Morgan fingerprint density at radius 2 is 2.06 bits per heavy atom. The molecule has 0 aliphatic heterocycles. The highest BCUT2D eigenvalue weighted by Gasteiger charge is 2.07. The van der Waals surface area contributed by atoms with Crippen LogP contribution in [0.5, 0.6) is 0 Å². The summed E-state index contributed by atoms with van der Waals surface area (Å²) in [6, 6.07) is 7.25. The largest absolute Gasteiger partial charge is 0.298 e. The molecule has 0 radical (unpaired) electrons. The molecule has 17 heavy (non-hydrogen) atoms. The number of hydrogen-bond acceptors (Lipinski definition) is 4. The molecule has 0 bridgehead atoms. The van der Waals surface area contributed by atoms with Crippen molar-refractivity contribution in [3.8, 4) is 11.4 Å². The monoisotopic (exact) mass is 230 g/mol. The van der Waals surface area contributed by atoms with Gasteiger partial charge in [-0.25, -0.2) is 4.68 Å². The number of aldehydes is 1. The van der Waals surface area contributed by atoms with E-state index in [1.165, 1.54) is 0 Å². The molecule has 0 atom stereocenters. The summed E-state index contributed by atoms with van der Waals surface area (Å²) in [6.45, 7) is 2.94. The van der Waals surface area contributed by atoms with Crippen molar-refractivity contribution < 1.29 is 4.79 Å². The first-order chi connectivity index (χ1) is 8.35. The Morgan fingerprint density at radius 3 is 2.71 bits per heavy atom. The smallest absolute Gasteiger partial charge is 0.182 e. The van der Waals surface area contributed by atoms with Gasteiger partial charge >= 0.3 is 0 Å². The first-order valence-corrected chi connectivity index (χ1v) is 5.67. The lowest BCUT2D eigenvalue weighted by Crippen LogP contribution is -2.02. The molecular weight excluding hydrogens is 216 g/mol. The maximum absolute atomic E-state index is 10.6. The van der Waals surface area contributed by atoms with E-state index in [9.17, 15) is 4.79 Å². The van der Waals surface area contributed by atoms with Gasteiger partial charge in [0.2, 0.25) is 0 Å². The predicted octanol–water partition coefficient (Wildman–Crippen LogP) is 1.95. The standard InChI is InChI=1S/C12H14N4O/c1-2-3-8-16-12(13-14-15-16)11-6-4-10(9-17)5-7-11/h4-7,9H,2-3,8H2,1H3. The van der Waals surface area contributed by atoms with E-state index in [0.717, 1.165) is 37.1 Å². The number of tetrazole rings is 1. The van der Waals surface area contributed by atoms with E-state index < -0.39 is 0 Å². The summed E-state index contributed by atoms with van der Waals surface area (Å²) in [5, 5.41) is 11.7. The molecule has 0 aliphatic carbocycles. The Morgan fingerprint density at radius 1 is 1.29 bits per heavy atom. The van der Waals surface area contributed by atoms with Gasteiger partial charge in [-0.05, 0) is 16.8 Å². The van der Waals surface area contributed by atoms with E-state index in [0.29, 0.717) is 5.56 Å². The Balaban J connectivity index is 2.25. The minimum Gasteiger partial charge on any atom is -0.298 e. The summed E-state index contributed by atoms with van der Waals surface area (Å²) in [7, 11) is 0. The van der Waals surface area contributed by atoms with Crippen LogP contribution in [0.3, 0.4) is 0 Å². The lowest BCUT2D eigenvalue weighted by atomic mass is 10.1. The summed E-state index contributed by atoms with van der Waals surface area (Å²) in [6.07, 6.45) is 2.97. The second-order valence-corrected chi connectivity index (χ2v) is 3.82. The number of hydrogen-bond donors (Lipinski definition) is 0. The minimum absolute atomic E-state index is 0.654. The molecule has 88 valence electrons. The molecule has 0 saturated carbocycles. The second-order valence-electron chi connectivity index (χ2n) is 3.82. The predicted molar refractivity (Wildman–Crippen MR) is 63.5 cm³/mol. The first-order valence-electron chi connectivity index (χ1n) is 5.67. The van der Waals surface area contributed by atoms with Gasteiger partial charge in [-0.3, -0.25) is 4.79 Å². The normalized spacial score (nSPS) is 10.4. The molecule has 2 rings (SSSR count). The Labute approximate surface area is 99.5 Å². The van der Waals surface area contributed by atoms with Crippen molar-refractivity contribution in [1.29, 1.82) is 0 Å². The van der Waals surface area contributed by atoms with Crippen LogP contribution in [0.4, 0.5) is 0 Å². The fourth-order valence-corrected chi connectivity index (χ4v) is 1.58. The molecule has 1 aromatic carbocycles. The molecule has 0 saturated heterocycles. The zero-order valence-electron chi connectivity index (χ0n) is 9.71. The molecular formula is C12H14N4O. The summed E-state index contributed by atoms with van der Waals surface area (Å²) in [4.78, 5) is 10.6. The third-order valence-electron chi connectivity index (χ3n) is 2.56. The van der Waals surface area contributed by atoms with Gasteiger partial charge in [0, 0.05) is 17.7 Å². The highest BCUT2D eigenvalue weighted by Crippen LogP contribution is 2.16. The Kier molecular flexibility index (Phi) is 3.59. The number of unbranched alkanes of at least 4 members (excludes halogenated alkanes) is 1. The molecule has 5 nitrogen and oxygen atoms in total. The highest BCUT2D eigenvalue weighted by molar-refractivity contribution is 5.76. The van der Waals surface area contributed by atoms with E-state index >= 15 is 0 Å². The van der Waals surface area contributed by atoms with Crippen LogP contribution in [0.2, 0.25) is 0 Å². The van der Waals surface area contributed by atoms with Crippen LogP contribution < -0.4 is 0 Å². The molecule has 0 fully saturated rings. The maximum Gasteiger partial charge on any atom is 0.182 e. The minimum atomic E-state index is 0.654. The number of nitrogens with zero attached hydrogens (tertiary/aromatic N) is 4. The van der Waals surface area contributed by atoms with Crippen molar-refractivity contribution in [2.24, 2.45) is 0 Å². The van der Waals surface area contributed by atoms with Crippen molar-refractivity contribution in [1.82, 2.24) is 20.2 Å². The van der Waals surface area contributed by atoms with Crippen LogP contribution in [0.15, 0.2) is 24.3 Å². The number of carbonyl (C=O) groups excluding carboxylic acids is 1. The van der Waals surface area contributed by atoms with E-state index in [4.69, 9.17) is 0 Å². The number of carbonyl (C=O) groups is 1. The summed E-state index contributed by atoms with van der Waals surface area (Å²) in [5.41, 5.74) is 1.58. The van der Waals surface area contributed by atoms with Gasteiger partial charge < -0.3 is 0 Å². The molecule has 0 aliphatic rings. The van der Waals surface area contributed by atoms with E-state index in [-0.39, 0.29) is 0 Å². The van der Waals surface area contributed by atoms with Crippen LogP contribution in [-0.2, 0) is 6.54 Å². The second kappa shape index (κ2) is 5.34. The van der Waals surface area contributed by atoms with Crippen LogP contribution in [-0.4, -0.2) is 26.5 Å². The summed E-state index contributed by atoms with van der Waals surface area (Å²) >= 11 is 0. The van der Waals surface area contributed by atoms with Crippen LogP contribution in [0.25, 0.3) is 11.4 Å². The van der Waals surface area contributed by atoms with E-state index in [1.54, 1.807) is 16.8 Å². The molecule has 1 aromatic heterocycles. The molecule has 5 heteroatoms. The molecule has 0 spiro atoms. The lowest BCUT2D eigenvalue weighted by molar-refractivity contribution is 0.112. The van der Waals surface area contributed by atoms with Crippen molar-refractivity contribution in [3.63, 3.8) is 0 Å². The molecule has 0 amide bonds. The summed E-state index contributed by atoms with van der Waals surface area (Å²) in [5.74, 6) is 0.746. The molecule has 0 unspecified atom stereocenters. The molecule has 2 aromatic rings. The highest BCUT2D eigenvalue weighted by atomic mass is 16.1. The maximum atomic E-state index is 10.6. The van der Waals surface area contributed by atoms with E-state index in [1.807, 2.05) is 12.1 Å². The molecule has 0 N–H and O–H groups in total. The topological polar surface area (TPSA) is 60.7 Å². The number of rotatable bonds is 5. The summed E-state index contributed by atoms with van der Waals surface area (Å²) < 4.78 is 1.79. The van der Waals surface area contributed by atoms with Gasteiger partial charge in [0.25, 0.3) is 0 Å². The fourth-order valence-electron chi connectivity index (χ4n) is 1.58. The van der Waals surface area contributed by atoms with Crippen molar-refractivity contribution in [2.45, 2.75) is 26.3 Å². The van der Waals surface area contributed by atoms with Gasteiger partial charge in [-0.15, -0.1) is 5.10 Å². The SMILES string of the molecule is CCCCn1nnnc1-c1ccc(C=O)cc1. The van der Waals surface area contributed by atoms with Gasteiger partial charge in [0.05, 0.1) is 0 Å². The van der Waals surface area contributed by atoms with Gasteiger partial charge in [0.15, 0.2) is 5.82 Å². The van der Waals surface area contributed by atoms with Crippen LogP contribution >= 0.6 is 0 Å². The average molecular weight is 230 g/mol. The lowest BCUT2D eigenvalue weighted by Gasteiger charge is -2.03. The van der Waals surface area contributed by atoms with Gasteiger partial charge in [0.1, 0.15) is 6.29 Å². The third kappa shape index (κ3) is 2.55. The molecule has 1 heterocycles. The van der Waals surface area contributed by atoms with Crippen LogP contribution in [0.1, 0.15) is 30.1 Å². The van der Waals surface area contributed by atoms with Crippen molar-refractivity contribution in [3.05, 3.63) is 29.8 Å². The van der Waals surface area contributed by atoms with E-state index in [2.05, 4.69) is 22.4 Å².